The van der Waals surface area contributed by atoms with Crippen LogP contribution < -0.4 is 20.5 Å². The molecule has 0 saturated heterocycles. The summed E-state index contributed by atoms with van der Waals surface area (Å²) in [4.78, 5) is 22.6. The largest absolute Gasteiger partial charge is 0.494 e. The van der Waals surface area contributed by atoms with Gasteiger partial charge in [-0.25, -0.2) is 9.59 Å². The van der Waals surface area contributed by atoms with Gasteiger partial charge in [0, 0.05) is 5.69 Å². The Balaban J connectivity index is 1.73. The van der Waals surface area contributed by atoms with Crippen LogP contribution in [-0.4, -0.2) is 31.8 Å². The van der Waals surface area contributed by atoms with Crippen LogP contribution >= 0.6 is 0 Å². The molecule has 2 aromatic carbocycles. The lowest BCUT2D eigenvalue weighted by molar-refractivity contribution is 0.0450. The van der Waals surface area contributed by atoms with Gasteiger partial charge in [-0.1, -0.05) is 0 Å². The van der Waals surface area contributed by atoms with Crippen molar-refractivity contribution < 1.29 is 23.8 Å². The second-order valence-electron chi connectivity index (χ2n) is 4.96. The van der Waals surface area contributed by atoms with E-state index in [-0.39, 0.29) is 13.2 Å². The Morgan fingerprint density at radius 1 is 0.920 bits per heavy atom. The van der Waals surface area contributed by atoms with Gasteiger partial charge in [0.1, 0.15) is 24.7 Å². The van der Waals surface area contributed by atoms with Crippen LogP contribution in [0.15, 0.2) is 48.5 Å². The van der Waals surface area contributed by atoms with E-state index in [9.17, 15) is 9.59 Å². The minimum absolute atomic E-state index is 0.118. The number of esters is 1. The van der Waals surface area contributed by atoms with Crippen molar-refractivity contribution in [1.29, 1.82) is 0 Å². The topological polar surface area (TPSA) is 99.9 Å². The lowest BCUT2D eigenvalue weighted by Crippen LogP contribution is -2.19. The van der Waals surface area contributed by atoms with E-state index in [0.29, 0.717) is 23.6 Å². The number of primary amides is 1. The molecule has 0 saturated carbocycles. The smallest absolute Gasteiger partial charge is 0.338 e. The predicted octanol–water partition coefficient (Wildman–Crippen LogP) is 2.81. The Morgan fingerprint density at radius 3 is 2.08 bits per heavy atom. The van der Waals surface area contributed by atoms with Gasteiger partial charge in [-0.05, 0) is 55.5 Å². The number of hydrogen-bond donors (Lipinski definition) is 2. The van der Waals surface area contributed by atoms with Crippen molar-refractivity contribution in [1.82, 2.24) is 0 Å². The Hall–Kier alpha value is -3.22. The van der Waals surface area contributed by atoms with Crippen molar-refractivity contribution in [3.8, 4) is 11.5 Å². The van der Waals surface area contributed by atoms with E-state index in [0.717, 1.165) is 5.75 Å². The van der Waals surface area contributed by atoms with E-state index >= 15 is 0 Å². The van der Waals surface area contributed by atoms with Crippen molar-refractivity contribution in [2.45, 2.75) is 6.92 Å². The summed E-state index contributed by atoms with van der Waals surface area (Å²) in [6.07, 6.45) is 0. The van der Waals surface area contributed by atoms with E-state index in [1.807, 2.05) is 19.1 Å². The van der Waals surface area contributed by atoms with Crippen LogP contribution in [-0.2, 0) is 4.74 Å². The quantitative estimate of drug-likeness (QED) is 0.566. The maximum absolute atomic E-state index is 11.9. The minimum Gasteiger partial charge on any atom is -0.494 e. The normalized spacial score (nSPS) is 9.96. The van der Waals surface area contributed by atoms with Crippen molar-refractivity contribution in [2.75, 3.05) is 25.1 Å². The molecular weight excluding hydrogens is 324 g/mol. The molecule has 0 radical (unpaired) electrons. The third-order valence-electron chi connectivity index (χ3n) is 3.11. The molecular formula is C18H20N2O5. The SMILES string of the molecule is CCOc1ccc(OCCOC(=O)c2ccc(NC(N)=O)cc2)cc1. The van der Waals surface area contributed by atoms with E-state index in [1.54, 1.807) is 36.4 Å². The molecule has 132 valence electrons. The number of anilines is 1. The summed E-state index contributed by atoms with van der Waals surface area (Å²) in [6, 6.07) is 12.8. The van der Waals surface area contributed by atoms with Crippen molar-refractivity contribution >= 4 is 17.7 Å². The van der Waals surface area contributed by atoms with E-state index in [1.165, 1.54) is 0 Å². The number of carbonyl (C=O) groups excluding carboxylic acids is 2. The Bertz CT molecular complexity index is 698. The molecule has 2 amide bonds. The van der Waals surface area contributed by atoms with E-state index in [4.69, 9.17) is 19.9 Å². The molecule has 7 heteroatoms. The number of benzene rings is 2. The van der Waals surface area contributed by atoms with Gasteiger partial charge in [-0.3, -0.25) is 0 Å². The number of carbonyl (C=O) groups is 2. The van der Waals surface area contributed by atoms with Crippen LogP contribution in [0.5, 0.6) is 11.5 Å². The van der Waals surface area contributed by atoms with Gasteiger partial charge in [-0.15, -0.1) is 0 Å². The number of urea groups is 1. The number of ether oxygens (including phenoxy) is 3. The summed E-state index contributed by atoms with van der Waals surface area (Å²) in [6.45, 7) is 2.88. The van der Waals surface area contributed by atoms with Gasteiger partial charge >= 0.3 is 12.0 Å². The first kappa shape index (κ1) is 18.1. The minimum atomic E-state index is -0.665. The molecule has 0 heterocycles. The average molecular weight is 344 g/mol. The molecule has 2 aromatic rings. The maximum atomic E-state index is 11.9. The summed E-state index contributed by atoms with van der Waals surface area (Å²) in [5.41, 5.74) is 5.89. The Labute approximate surface area is 145 Å². The maximum Gasteiger partial charge on any atom is 0.338 e. The number of nitrogens with one attached hydrogen (secondary N) is 1. The van der Waals surface area contributed by atoms with Crippen molar-refractivity contribution in [3.63, 3.8) is 0 Å². The molecule has 3 N–H and O–H groups in total. The fourth-order valence-electron chi connectivity index (χ4n) is 2.01. The van der Waals surface area contributed by atoms with Crippen LogP contribution in [0.1, 0.15) is 17.3 Å². The predicted molar refractivity (Wildman–Crippen MR) is 93.0 cm³/mol. The summed E-state index contributed by atoms with van der Waals surface area (Å²) in [7, 11) is 0. The highest BCUT2D eigenvalue weighted by Crippen LogP contribution is 2.17. The highest BCUT2D eigenvalue weighted by molar-refractivity contribution is 5.91. The molecule has 0 aromatic heterocycles. The molecule has 0 aliphatic heterocycles. The lowest BCUT2D eigenvalue weighted by Gasteiger charge is -2.09. The molecule has 7 nitrogen and oxygen atoms in total. The monoisotopic (exact) mass is 344 g/mol. The lowest BCUT2D eigenvalue weighted by atomic mass is 10.2. The Morgan fingerprint density at radius 2 is 1.52 bits per heavy atom. The third-order valence-corrected chi connectivity index (χ3v) is 3.11. The Kier molecular flexibility index (Phi) is 6.65. The fraction of sp³-hybridized carbons (Fsp3) is 0.222. The second kappa shape index (κ2) is 9.17. The fourth-order valence-corrected chi connectivity index (χ4v) is 2.01. The summed E-state index contributed by atoms with van der Waals surface area (Å²) >= 11 is 0. The second-order valence-corrected chi connectivity index (χ2v) is 4.96. The van der Waals surface area contributed by atoms with Crippen LogP contribution in [0, 0.1) is 0 Å². The molecule has 0 spiro atoms. The number of hydrogen-bond acceptors (Lipinski definition) is 5. The first-order valence-corrected chi connectivity index (χ1v) is 7.78. The average Bonchev–Trinajstić information content (AvgIpc) is 2.60. The van der Waals surface area contributed by atoms with Gasteiger partial charge in [-0.2, -0.15) is 0 Å². The summed E-state index contributed by atoms with van der Waals surface area (Å²) < 4.78 is 16.0. The molecule has 0 aliphatic rings. The molecule has 25 heavy (non-hydrogen) atoms. The third kappa shape index (κ3) is 6.06. The van der Waals surface area contributed by atoms with Crippen LogP contribution in [0.2, 0.25) is 0 Å². The summed E-state index contributed by atoms with van der Waals surface area (Å²) in [5, 5.41) is 2.41. The highest BCUT2D eigenvalue weighted by Gasteiger charge is 2.07. The van der Waals surface area contributed by atoms with Crippen LogP contribution in [0.3, 0.4) is 0 Å². The zero-order valence-electron chi connectivity index (χ0n) is 13.9. The van der Waals surface area contributed by atoms with E-state index in [2.05, 4.69) is 5.32 Å². The zero-order chi connectivity index (χ0) is 18.1. The molecule has 0 unspecified atom stereocenters. The van der Waals surface area contributed by atoms with Crippen molar-refractivity contribution in [3.05, 3.63) is 54.1 Å². The van der Waals surface area contributed by atoms with Crippen LogP contribution in [0.4, 0.5) is 10.5 Å². The number of amides is 2. The number of nitrogens with two attached hydrogens (primary N) is 1. The van der Waals surface area contributed by atoms with Gasteiger partial charge < -0.3 is 25.3 Å². The van der Waals surface area contributed by atoms with Gasteiger partial charge in [0.15, 0.2) is 0 Å². The van der Waals surface area contributed by atoms with Crippen LogP contribution in [0.25, 0.3) is 0 Å². The molecule has 0 fully saturated rings. The van der Waals surface area contributed by atoms with Gasteiger partial charge in [0.2, 0.25) is 0 Å². The van der Waals surface area contributed by atoms with E-state index < -0.39 is 12.0 Å². The van der Waals surface area contributed by atoms with Gasteiger partial charge in [0.05, 0.1) is 12.2 Å². The van der Waals surface area contributed by atoms with Gasteiger partial charge in [0.25, 0.3) is 0 Å². The first-order chi connectivity index (χ1) is 12.1. The highest BCUT2D eigenvalue weighted by atomic mass is 16.6. The summed E-state index contributed by atoms with van der Waals surface area (Å²) in [5.74, 6) is 0.970. The standard InChI is InChI=1S/C18H20N2O5/c1-2-23-15-7-9-16(10-8-15)24-11-12-25-17(21)13-3-5-14(6-4-13)20-18(19)22/h3-10H,2,11-12H2,1H3,(H3,19,20,22). The first-order valence-electron chi connectivity index (χ1n) is 7.78. The molecule has 0 atom stereocenters. The van der Waals surface area contributed by atoms with Crippen molar-refractivity contribution in [2.24, 2.45) is 5.73 Å². The molecule has 0 bridgehead atoms. The molecule has 0 aliphatic carbocycles. The molecule has 2 rings (SSSR count). The zero-order valence-corrected chi connectivity index (χ0v) is 13.9. The number of rotatable bonds is 8.